The lowest BCUT2D eigenvalue weighted by atomic mass is 9.89. The molecule has 2 aromatic heterocycles. The van der Waals surface area contributed by atoms with Crippen LogP contribution in [-0.4, -0.2) is 15.5 Å². The summed E-state index contributed by atoms with van der Waals surface area (Å²) in [6, 6.07) is 6.09. The molecule has 0 fully saturated rings. The van der Waals surface area contributed by atoms with E-state index in [0.717, 1.165) is 64.7 Å². The van der Waals surface area contributed by atoms with Gasteiger partial charge in [-0.25, -0.2) is 4.98 Å². The number of nitrogens with zero attached hydrogens (tertiary/aromatic N) is 2. The number of nitrogens with one attached hydrogen (secondary N) is 1. The zero-order chi connectivity index (χ0) is 20.5. The van der Waals surface area contributed by atoms with E-state index in [2.05, 4.69) is 31.1 Å². The zero-order valence-electron chi connectivity index (χ0n) is 17.2. The van der Waals surface area contributed by atoms with Crippen molar-refractivity contribution in [2.75, 3.05) is 5.32 Å². The number of hydrogen-bond acceptors (Lipinski definition) is 4. The molecule has 1 N–H and O–H groups in total. The highest BCUT2D eigenvalue weighted by molar-refractivity contribution is 7.18. The third-order valence-corrected chi connectivity index (χ3v) is 7.02. The van der Waals surface area contributed by atoms with Crippen molar-refractivity contribution < 1.29 is 4.79 Å². The Kier molecular flexibility index (Phi) is 5.54. The van der Waals surface area contributed by atoms with Crippen molar-refractivity contribution in [3.63, 3.8) is 0 Å². The highest BCUT2D eigenvalue weighted by atomic mass is 32.1. The normalized spacial score (nSPS) is 16.0. The molecule has 0 spiro atoms. The summed E-state index contributed by atoms with van der Waals surface area (Å²) >= 11 is 1.63. The number of anilines is 1. The van der Waals surface area contributed by atoms with Crippen LogP contribution in [0.3, 0.4) is 0 Å². The Morgan fingerprint density at radius 2 is 2.00 bits per heavy atom. The second-order valence-corrected chi connectivity index (χ2v) is 9.00. The molecule has 2 heterocycles. The summed E-state index contributed by atoms with van der Waals surface area (Å²) in [6.45, 7) is 6.38. The van der Waals surface area contributed by atoms with E-state index in [1.165, 1.54) is 15.8 Å². The third kappa shape index (κ3) is 3.73. The minimum atomic E-state index is -0.193. The first-order valence-electron chi connectivity index (χ1n) is 10.4. The fourth-order valence-corrected chi connectivity index (χ4v) is 5.56. The highest BCUT2D eigenvalue weighted by Gasteiger charge is 2.23. The minimum Gasteiger partial charge on any atom is -0.324 e. The van der Waals surface area contributed by atoms with Crippen LogP contribution in [0.2, 0.25) is 0 Å². The highest BCUT2D eigenvalue weighted by Crippen LogP contribution is 2.35. The monoisotopic (exact) mass is 409 g/mol. The van der Waals surface area contributed by atoms with Gasteiger partial charge in [-0.2, -0.15) is 0 Å². The minimum absolute atomic E-state index is 0.0238. The predicted molar refractivity (Wildman–Crippen MR) is 119 cm³/mol. The Balaban J connectivity index is 1.63. The van der Waals surface area contributed by atoms with E-state index in [4.69, 9.17) is 0 Å². The summed E-state index contributed by atoms with van der Waals surface area (Å²) < 4.78 is 1.45. The average molecular weight is 410 g/mol. The molecule has 0 saturated carbocycles. The number of benzene rings is 1. The van der Waals surface area contributed by atoms with Crippen LogP contribution in [-0.2, 0) is 37.0 Å². The lowest BCUT2D eigenvalue weighted by molar-refractivity contribution is -0.116. The molecule has 1 aliphatic carbocycles. The molecule has 0 bridgehead atoms. The van der Waals surface area contributed by atoms with Crippen molar-refractivity contribution in [3.8, 4) is 0 Å². The smallest absolute Gasteiger partial charge is 0.262 e. The molecule has 0 aliphatic heterocycles. The molecule has 0 unspecified atom stereocenters. The number of rotatable bonds is 5. The van der Waals surface area contributed by atoms with Crippen LogP contribution in [0, 0.1) is 5.92 Å². The fraction of sp³-hybridized carbons (Fsp3) is 0.435. The molecule has 5 nitrogen and oxygen atoms in total. The molecule has 29 heavy (non-hydrogen) atoms. The summed E-state index contributed by atoms with van der Waals surface area (Å²) in [7, 11) is 0. The average Bonchev–Trinajstić information content (AvgIpc) is 3.08. The number of para-hydroxylation sites is 1. The molecule has 1 aromatic carbocycles. The van der Waals surface area contributed by atoms with E-state index in [-0.39, 0.29) is 18.0 Å². The van der Waals surface area contributed by atoms with Crippen LogP contribution in [0.25, 0.3) is 10.2 Å². The number of carbonyl (C=O) groups excluding carboxylic acids is 1. The number of aryl methyl sites for hydroxylation is 3. The molecule has 1 aliphatic rings. The van der Waals surface area contributed by atoms with Gasteiger partial charge in [0.15, 0.2) is 0 Å². The number of fused-ring (bicyclic) bond motifs is 3. The number of carbonyl (C=O) groups is 1. The molecule has 152 valence electrons. The van der Waals surface area contributed by atoms with Crippen LogP contribution in [0.4, 0.5) is 5.69 Å². The van der Waals surface area contributed by atoms with Gasteiger partial charge in [0, 0.05) is 10.6 Å². The van der Waals surface area contributed by atoms with Crippen LogP contribution in [0.15, 0.2) is 29.3 Å². The topological polar surface area (TPSA) is 64.0 Å². The summed E-state index contributed by atoms with van der Waals surface area (Å²) in [4.78, 5) is 32.5. The van der Waals surface area contributed by atoms with Crippen LogP contribution < -0.4 is 10.9 Å². The van der Waals surface area contributed by atoms with Crippen molar-refractivity contribution in [1.29, 1.82) is 0 Å². The fourth-order valence-electron chi connectivity index (χ4n) is 4.22. The van der Waals surface area contributed by atoms with Gasteiger partial charge < -0.3 is 5.32 Å². The van der Waals surface area contributed by atoms with E-state index in [0.29, 0.717) is 5.92 Å². The molecule has 1 amide bonds. The molecule has 0 radical (unpaired) electrons. The van der Waals surface area contributed by atoms with Gasteiger partial charge in [-0.15, -0.1) is 11.3 Å². The molecule has 4 rings (SSSR count). The largest absolute Gasteiger partial charge is 0.324 e. The van der Waals surface area contributed by atoms with Gasteiger partial charge in [0.1, 0.15) is 11.4 Å². The zero-order valence-corrected chi connectivity index (χ0v) is 18.1. The Labute approximate surface area is 174 Å². The Morgan fingerprint density at radius 3 is 2.69 bits per heavy atom. The van der Waals surface area contributed by atoms with E-state index in [9.17, 15) is 9.59 Å². The van der Waals surface area contributed by atoms with Gasteiger partial charge in [-0.05, 0) is 54.7 Å². The van der Waals surface area contributed by atoms with Crippen LogP contribution in [0.5, 0.6) is 0 Å². The summed E-state index contributed by atoms with van der Waals surface area (Å²) in [5.41, 5.74) is 4.16. The van der Waals surface area contributed by atoms with Crippen molar-refractivity contribution >= 4 is 33.1 Å². The summed E-state index contributed by atoms with van der Waals surface area (Å²) in [5, 5.41) is 3.76. The first kappa shape index (κ1) is 19.8. The lowest BCUT2D eigenvalue weighted by Gasteiger charge is -2.17. The van der Waals surface area contributed by atoms with E-state index in [1.807, 2.05) is 18.2 Å². The van der Waals surface area contributed by atoms with Crippen molar-refractivity contribution in [1.82, 2.24) is 9.55 Å². The van der Waals surface area contributed by atoms with Crippen LogP contribution >= 0.6 is 11.3 Å². The van der Waals surface area contributed by atoms with Gasteiger partial charge >= 0.3 is 0 Å². The number of hydrogen-bond donors (Lipinski definition) is 1. The molecule has 1 atom stereocenters. The molecule has 0 saturated heterocycles. The number of amides is 1. The maximum atomic E-state index is 13.1. The number of thiophene rings is 1. The quantitative estimate of drug-likeness (QED) is 0.681. The van der Waals surface area contributed by atoms with Gasteiger partial charge in [0.25, 0.3) is 5.56 Å². The predicted octanol–water partition coefficient (Wildman–Crippen LogP) is 4.35. The molecule has 3 aromatic rings. The summed E-state index contributed by atoms with van der Waals surface area (Å²) in [6.07, 6.45) is 6.24. The van der Waals surface area contributed by atoms with Crippen molar-refractivity contribution in [2.24, 2.45) is 5.92 Å². The van der Waals surface area contributed by atoms with Gasteiger partial charge in [-0.3, -0.25) is 14.2 Å². The molecule has 6 heteroatoms. The van der Waals surface area contributed by atoms with Crippen molar-refractivity contribution in [2.45, 2.75) is 59.4 Å². The van der Waals surface area contributed by atoms with Crippen molar-refractivity contribution in [3.05, 3.63) is 56.4 Å². The Morgan fingerprint density at radius 1 is 1.28 bits per heavy atom. The second-order valence-electron chi connectivity index (χ2n) is 7.92. The third-order valence-electron chi connectivity index (χ3n) is 5.86. The standard InChI is InChI=1S/C23H27N3O2S/c1-4-15-7-6-8-16(5-2)21(15)25-19(27)12-26-13-24-22-20(23(26)28)17-10-9-14(3)11-18(17)29-22/h6-8,13-14H,4-5,9-12H2,1-3H3,(H,25,27)/t14-/m1/s1. The first-order valence-corrected chi connectivity index (χ1v) is 11.2. The van der Waals surface area contributed by atoms with Crippen LogP contribution in [0.1, 0.15) is 48.8 Å². The maximum Gasteiger partial charge on any atom is 0.262 e. The summed E-state index contributed by atoms with van der Waals surface area (Å²) in [5.74, 6) is 0.455. The van der Waals surface area contributed by atoms with E-state index in [1.54, 1.807) is 11.3 Å². The van der Waals surface area contributed by atoms with Gasteiger partial charge in [0.05, 0.1) is 11.7 Å². The maximum absolute atomic E-state index is 13.1. The molecular formula is C23H27N3O2S. The Hall–Kier alpha value is -2.47. The lowest BCUT2D eigenvalue weighted by Crippen LogP contribution is -2.28. The second kappa shape index (κ2) is 8.11. The number of aromatic nitrogens is 2. The Bertz CT molecular complexity index is 1110. The van der Waals surface area contributed by atoms with Gasteiger partial charge in [0.2, 0.25) is 5.91 Å². The first-order chi connectivity index (χ1) is 14.0. The van der Waals surface area contributed by atoms with Gasteiger partial charge in [-0.1, -0.05) is 39.0 Å². The van der Waals surface area contributed by atoms with E-state index < -0.39 is 0 Å². The van der Waals surface area contributed by atoms with E-state index >= 15 is 0 Å². The molecular weight excluding hydrogens is 382 g/mol. The SMILES string of the molecule is CCc1cccc(CC)c1NC(=O)Cn1cnc2sc3c(c2c1=O)CC[C@@H](C)C3.